The van der Waals surface area contributed by atoms with Crippen LogP contribution in [0.5, 0.6) is 11.6 Å². The van der Waals surface area contributed by atoms with Crippen molar-refractivity contribution in [3.05, 3.63) is 83.0 Å². The van der Waals surface area contributed by atoms with Gasteiger partial charge in [-0.3, -0.25) is 4.72 Å². The number of nitrogens with one attached hydrogen (secondary N) is 3. The van der Waals surface area contributed by atoms with Crippen LogP contribution in [0.1, 0.15) is 17.8 Å². The minimum Gasteiger partial charge on any atom is -0.437 e. The number of nitrogens with zero attached hydrogens (tertiary/aromatic N) is 3. The molecule has 1 unspecified atom stereocenters. The minimum atomic E-state index is -3.92. The number of halogens is 1. The van der Waals surface area contributed by atoms with E-state index in [0.29, 0.717) is 34.3 Å². The van der Waals surface area contributed by atoms with Gasteiger partial charge in [-0.15, -0.1) is 11.3 Å². The van der Waals surface area contributed by atoms with Crippen LogP contribution in [0.25, 0.3) is 21.3 Å². The predicted molar refractivity (Wildman–Crippen MR) is 164 cm³/mol. The van der Waals surface area contributed by atoms with Crippen molar-refractivity contribution in [1.82, 2.24) is 20.3 Å². The molecular weight excluding hydrogens is 580 g/mol. The number of fused-ring (bicyclic) bond motifs is 1. The summed E-state index contributed by atoms with van der Waals surface area (Å²) < 4.78 is 35.4. The summed E-state index contributed by atoms with van der Waals surface area (Å²) in [6.07, 6.45) is 3.90. The Morgan fingerprint density at radius 1 is 1.02 bits per heavy atom. The first-order valence-electron chi connectivity index (χ1n) is 13.1. The third-order valence-corrected chi connectivity index (χ3v) is 9.52. The zero-order valence-corrected chi connectivity index (χ0v) is 24.5. The van der Waals surface area contributed by atoms with Crippen LogP contribution >= 0.6 is 22.9 Å². The highest BCUT2D eigenvalue weighted by molar-refractivity contribution is 7.92. The summed E-state index contributed by atoms with van der Waals surface area (Å²) >= 11 is 7.66. The molecule has 6 rings (SSSR count). The van der Waals surface area contributed by atoms with Gasteiger partial charge >= 0.3 is 0 Å². The molecule has 0 radical (unpaired) electrons. The van der Waals surface area contributed by atoms with Crippen LogP contribution in [-0.4, -0.2) is 42.5 Å². The van der Waals surface area contributed by atoms with E-state index < -0.39 is 10.0 Å². The number of ether oxygens (including phenoxy) is 1. The number of rotatable bonds is 8. The number of hydrogen-bond donors (Lipinski definition) is 3. The van der Waals surface area contributed by atoms with E-state index in [1.165, 1.54) is 17.4 Å². The lowest BCUT2D eigenvalue weighted by Gasteiger charge is -2.23. The summed E-state index contributed by atoms with van der Waals surface area (Å²) in [6, 6.07) is 19.3. The van der Waals surface area contributed by atoms with Crippen LogP contribution in [0.15, 0.2) is 77.8 Å². The molecule has 3 N–H and O–H groups in total. The second-order valence-corrected chi connectivity index (χ2v) is 12.9. The van der Waals surface area contributed by atoms with Crippen LogP contribution in [0.3, 0.4) is 0 Å². The molecule has 1 aliphatic rings. The second kappa shape index (κ2) is 11.6. The monoisotopic (exact) mass is 606 g/mol. The summed E-state index contributed by atoms with van der Waals surface area (Å²) in [5, 5.41) is 9.18. The molecule has 2 aromatic heterocycles. The SMILES string of the molecule is Cc1nc(Oc2ccc(NS(=O)(=O)c3ccccc3Cl)c3ccccc23)c(-c2ccnc(NC3CCCNC3)n2)s1. The lowest BCUT2D eigenvalue weighted by molar-refractivity contribution is 0.472. The van der Waals surface area contributed by atoms with Crippen LogP contribution in [0.4, 0.5) is 11.6 Å². The number of aromatic nitrogens is 3. The highest BCUT2D eigenvalue weighted by Crippen LogP contribution is 2.41. The number of benzene rings is 3. The van der Waals surface area contributed by atoms with E-state index in [9.17, 15) is 8.42 Å². The molecule has 1 aliphatic heterocycles. The molecular formula is C29H27ClN6O3S2. The van der Waals surface area contributed by atoms with Gasteiger partial charge in [-0.1, -0.05) is 48.0 Å². The van der Waals surface area contributed by atoms with Crippen molar-refractivity contribution in [3.63, 3.8) is 0 Å². The molecule has 0 amide bonds. The van der Waals surface area contributed by atoms with Crippen molar-refractivity contribution in [1.29, 1.82) is 0 Å². The highest BCUT2D eigenvalue weighted by atomic mass is 35.5. The van der Waals surface area contributed by atoms with Gasteiger partial charge < -0.3 is 15.4 Å². The fraction of sp³-hybridized carbons (Fsp3) is 0.207. The van der Waals surface area contributed by atoms with E-state index >= 15 is 0 Å². The number of aryl methyl sites for hydroxylation is 1. The molecule has 0 aliphatic carbocycles. The Morgan fingerprint density at radius 2 is 1.83 bits per heavy atom. The average Bonchev–Trinajstić information content (AvgIpc) is 3.35. The highest BCUT2D eigenvalue weighted by Gasteiger charge is 2.21. The summed E-state index contributed by atoms with van der Waals surface area (Å²) in [4.78, 5) is 14.6. The molecule has 0 saturated carbocycles. The Kier molecular flexibility index (Phi) is 7.76. The van der Waals surface area contributed by atoms with E-state index in [4.69, 9.17) is 21.3 Å². The van der Waals surface area contributed by atoms with Gasteiger partial charge in [0.15, 0.2) is 0 Å². The van der Waals surface area contributed by atoms with Crippen LogP contribution < -0.4 is 20.1 Å². The zero-order valence-electron chi connectivity index (χ0n) is 22.1. The minimum absolute atomic E-state index is 0.00660. The Labute approximate surface area is 247 Å². The molecule has 3 heterocycles. The van der Waals surface area contributed by atoms with Gasteiger partial charge in [0.25, 0.3) is 10.0 Å². The molecule has 0 spiro atoms. The smallest absolute Gasteiger partial charge is 0.263 e. The third-order valence-electron chi connectivity index (χ3n) is 6.68. The lowest BCUT2D eigenvalue weighted by Crippen LogP contribution is -2.38. The van der Waals surface area contributed by atoms with Crippen molar-refractivity contribution >= 4 is 55.4 Å². The number of hydrogen-bond acceptors (Lipinski definition) is 9. The summed E-state index contributed by atoms with van der Waals surface area (Å²) in [5.41, 5.74) is 1.12. The maximum Gasteiger partial charge on any atom is 0.263 e. The predicted octanol–water partition coefficient (Wildman–Crippen LogP) is 6.47. The standard InChI is InChI=1S/C29H27ClN6O3S2/c1-18-33-28(27(40-18)24-14-16-32-29(35-24)34-19-7-6-15-31-17-19)39-25-13-12-23(20-8-2-3-9-21(20)25)36-41(37,38)26-11-5-4-10-22(26)30/h2-5,8-14,16,19,31,36H,6-7,15,17H2,1H3,(H,32,34,35). The normalized spacial score (nSPS) is 15.5. The number of thiazole rings is 1. The molecule has 41 heavy (non-hydrogen) atoms. The van der Waals surface area contributed by atoms with Crippen LogP contribution in [-0.2, 0) is 10.0 Å². The van der Waals surface area contributed by atoms with Crippen molar-refractivity contribution < 1.29 is 13.2 Å². The average molecular weight is 607 g/mol. The first kappa shape index (κ1) is 27.4. The molecule has 1 atom stereocenters. The van der Waals surface area contributed by atoms with Crippen LogP contribution in [0.2, 0.25) is 5.02 Å². The fourth-order valence-corrected chi connectivity index (χ4v) is 7.18. The molecule has 210 valence electrons. The zero-order chi connectivity index (χ0) is 28.4. The quantitative estimate of drug-likeness (QED) is 0.184. The topological polar surface area (TPSA) is 118 Å². The summed E-state index contributed by atoms with van der Waals surface area (Å²) in [5.74, 6) is 1.52. The van der Waals surface area contributed by atoms with Crippen LogP contribution in [0, 0.1) is 6.92 Å². The lowest BCUT2D eigenvalue weighted by atomic mass is 10.1. The van der Waals surface area contributed by atoms with Gasteiger partial charge in [0.05, 0.1) is 21.4 Å². The van der Waals surface area contributed by atoms with Gasteiger partial charge in [-0.25, -0.2) is 23.4 Å². The van der Waals surface area contributed by atoms with Gasteiger partial charge in [-0.2, -0.15) is 0 Å². The third kappa shape index (κ3) is 5.98. The van der Waals surface area contributed by atoms with E-state index in [1.54, 1.807) is 36.5 Å². The summed E-state index contributed by atoms with van der Waals surface area (Å²) in [7, 11) is -3.92. The largest absolute Gasteiger partial charge is 0.437 e. The molecule has 3 aromatic carbocycles. The molecule has 5 aromatic rings. The molecule has 9 nitrogen and oxygen atoms in total. The van der Waals surface area contributed by atoms with Crippen molar-refractivity contribution in [2.75, 3.05) is 23.1 Å². The van der Waals surface area contributed by atoms with E-state index in [-0.39, 0.29) is 16.0 Å². The Hall–Kier alpha value is -3.77. The first-order chi connectivity index (χ1) is 19.9. The number of anilines is 2. The van der Waals surface area contributed by atoms with Crippen molar-refractivity contribution in [2.24, 2.45) is 0 Å². The summed E-state index contributed by atoms with van der Waals surface area (Å²) in [6.45, 7) is 3.82. The molecule has 12 heteroatoms. The van der Waals surface area contributed by atoms with Gasteiger partial charge in [0.1, 0.15) is 15.5 Å². The molecule has 1 saturated heterocycles. The Balaban J connectivity index is 1.31. The van der Waals surface area contributed by atoms with Crippen molar-refractivity contribution in [3.8, 4) is 22.2 Å². The van der Waals surface area contributed by atoms with Crippen molar-refractivity contribution in [2.45, 2.75) is 30.7 Å². The van der Waals surface area contributed by atoms with E-state index in [2.05, 4.69) is 25.3 Å². The Morgan fingerprint density at radius 3 is 2.63 bits per heavy atom. The van der Waals surface area contributed by atoms with E-state index in [0.717, 1.165) is 41.2 Å². The number of piperidine rings is 1. The fourth-order valence-electron chi connectivity index (χ4n) is 4.77. The van der Waals surface area contributed by atoms with Gasteiger partial charge in [-0.05, 0) is 56.6 Å². The maximum atomic E-state index is 13.1. The molecule has 1 fully saturated rings. The molecule has 0 bridgehead atoms. The Bertz CT molecular complexity index is 1820. The van der Waals surface area contributed by atoms with Gasteiger partial charge in [0, 0.05) is 29.6 Å². The second-order valence-electron chi connectivity index (χ2n) is 9.62. The van der Waals surface area contributed by atoms with E-state index in [1.807, 2.05) is 37.3 Å². The van der Waals surface area contributed by atoms with Gasteiger partial charge in [0.2, 0.25) is 11.8 Å². The number of sulfonamides is 1. The first-order valence-corrected chi connectivity index (χ1v) is 15.8. The maximum absolute atomic E-state index is 13.1.